The van der Waals surface area contributed by atoms with Gasteiger partial charge in [0.05, 0.1) is 26.4 Å². The Morgan fingerprint density at radius 3 is 2.72 bits per heavy atom. The number of aromatic nitrogens is 1. The predicted octanol–water partition coefficient (Wildman–Crippen LogP) is 1.93. The first-order valence-corrected chi connectivity index (χ1v) is 9.61. The van der Waals surface area contributed by atoms with Crippen LogP contribution in [0.3, 0.4) is 0 Å². The van der Waals surface area contributed by atoms with Gasteiger partial charge < -0.3 is 9.47 Å². The fraction of sp³-hybridized carbons (Fsp3) is 0.389. The smallest absolute Gasteiger partial charge is 0.244 e. The molecular formula is C18H22N2O4S. The number of nitrogens with zero attached hydrogens (tertiary/aromatic N) is 1. The minimum atomic E-state index is -3.70. The molecule has 0 amide bonds. The zero-order valence-electron chi connectivity index (χ0n) is 14.3. The highest BCUT2D eigenvalue weighted by Crippen LogP contribution is 2.27. The van der Waals surface area contributed by atoms with Crippen LogP contribution in [0.4, 0.5) is 0 Å². The third-order valence-electron chi connectivity index (χ3n) is 4.36. The number of pyridine rings is 1. The van der Waals surface area contributed by atoms with E-state index in [-0.39, 0.29) is 16.9 Å². The van der Waals surface area contributed by atoms with Gasteiger partial charge in [0.25, 0.3) is 0 Å². The van der Waals surface area contributed by atoms with Gasteiger partial charge in [-0.1, -0.05) is 6.07 Å². The number of benzene rings is 1. The average molecular weight is 362 g/mol. The van der Waals surface area contributed by atoms with Crippen LogP contribution in [0, 0.1) is 12.8 Å². The van der Waals surface area contributed by atoms with Crippen LogP contribution >= 0.6 is 0 Å². The molecule has 1 fully saturated rings. The number of methoxy groups -OCH3 is 1. The number of sulfonamides is 1. The zero-order chi connectivity index (χ0) is 17.9. The van der Waals surface area contributed by atoms with Crippen LogP contribution in [0.25, 0.3) is 0 Å². The Labute approximate surface area is 148 Å². The Hall–Kier alpha value is -1.96. The Morgan fingerprint density at radius 1 is 1.24 bits per heavy atom. The van der Waals surface area contributed by atoms with Crippen molar-refractivity contribution in [1.29, 1.82) is 0 Å². The monoisotopic (exact) mass is 362 g/mol. The lowest BCUT2D eigenvalue weighted by molar-refractivity contribution is 0.183. The molecule has 2 unspecified atom stereocenters. The van der Waals surface area contributed by atoms with Crippen LogP contribution in [0.1, 0.15) is 11.1 Å². The number of rotatable bonds is 6. The first kappa shape index (κ1) is 17.8. The maximum atomic E-state index is 12.9. The predicted molar refractivity (Wildman–Crippen MR) is 94.1 cm³/mol. The standard InChI is InChI=1S/C18H22N2O4S/c1-13-3-4-17(23-2)18(9-13)25(21,22)20-16-12-24-11-15(16)10-14-5-7-19-8-6-14/h3-9,15-16,20H,10-12H2,1-2H3. The third kappa shape index (κ3) is 4.18. The summed E-state index contributed by atoms with van der Waals surface area (Å²) in [5, 5.41) is 0. The van der Waals surface area contributed by atoms with Crippen LogP contribution in [0.15, 0.2) is 47.6 Å². The van der Waals surface area contributed by atoms with Crippen LogP contribution in [-0.4, -0.2) is 39.8 Å². The summed E-state index contributed by atoms with van der Waals surface area (Å²) in [6.07, 6.45) is 4.21. The summed E-state index contributed by atoms with van der Waals surface area (Å²) in [7, 11) is -2.23. The fourth-order valence-electron chi connectivity index (χ4n) is 3.01. The van der Waals surface area contributed by atoms with Crippen molar-refractivity contribution in [3.8, 4) is 5.75 Å². The summed E-state index contributed by atoms with van der Waals surface area (Å²) in [5.74, 6) is 0.413. The summed E-state index contributed by atoms with van der Waals surface area (Å²) < 4.78 is 39.3. The van der Waals surface area contributed by atoms with E-state index in [9.17, 15) is 8.42 Å². The molecular weight excluding hydrogens is 340 g/mol. The molecule has 25 heavy (non-hydrogen) atoms. The van der Waals surface area contributed by atoms with Crippen molar-refractivity contribution >= 4 is 10.0 Å². The van der Waals surface area contributed by atoms with Gasteiger partial charge in [-0.3, -0.25) is 4.98 Å². The number of hydrogen-bond acceptors (Lipinski definition) is 5. The highest BCUT2D eigenvalue weighted by atomic mass is 32.2. The van der Waals surface area contributed by atoms with E-state index in [1.54, 1.807) is 24.5 Å². The SMILES string of the molecule is COc1ccc(C)cc1S(=O)(=O)NC1COCC1Cc1ccncc1. The van der Waals surface area contributed by atoms with Crippen molar-refractivity contribution in [2.75, 3.05) is 20.3 Å². The minimum absolute atomic E-state index is 0.0768. The summed E-state index contributed by atoms with van der Waals surface area (Å²) in [5.41, 5.74) is 1.97. The topological polar surface area (TPSA) is 77.5 Å². The van der Waals surface area contributed by atoms with Gasteiger partial charge in [-0.05, 0) is 48.7 Å². The largest absolute Gasteiger partial charge is 0.495 e. The van der Waals surface area contributed by atoms with Gasteiger partial charge >= 0.3 is 0 Å². The molecule has 0 bridgehead atoms. The lowest BCUT2D eigenvalue weighted by Crippen LogP contribution is -2.40. The van der Waals surface area contributed by atoms with E-state index in [2.05, 4.69) is 9.71 Å². The quantitative estimate of drug-likeness (QED) is 0.850. The highest BCUT2D eigenvalue weighted by Gasteiger charge is 2.33. The van der Waals surface area contributed by atoms with Gasteiger partial charge in [0.2, 0.25) is 10.0 Å². The van der Waals surface area contributed by atoms with Crippen LogP contribution in [-0.2, 0) is 21.2 Å². The van der Waals surface area contributed by atoms with Gasteiger partial charge in [0.1, 0.15) is 10.6 Å². The lowest BCUT2D eigenvalue weighted by Gasteiger charge is -2.20. The van der Waals surface area contributed by atoms with Crippen molar-refractivity contribution in [3.63, 3.8) is 0 Å². The lowest BCUT2D eigenvalue weighted by atomic mass is 9.96. The van der Waals surface area contributed by atoms with Gasteiger partial charge in [-0.25, -0.2) is 13.1 Å². The van der Waals surface area contributed by atoms with E-state index in [0.29, 0.717) is 19.0 Å². The molecule has 0 radical (unpaired) electrons. The molecule has 1 aliphatic heterocycles. The molecule has 7 heteroatoms. The van der Waals surface area contributed by atoms with E-state index in [1.807, 2.05) is 25.1 Å². The maximum absolute atomic E-state index is 12.9. The van der Waals surface area contributed by atoms with Gasteiger partial charge in [-0.15, -0.1) is 0 Å². The number of ether oxygens (including phenoxy) is 2. The number of hydrogen-bond donors (Lipinski definition) is 1. The Balaban J connectivity index is 1.79. The molecule has 3 rings (SSSR count). The summed E-state index contributed by atoms with van der Waals surface area (Å²) in [4.78, 5) is 4.17. The number of aryl methyl sites for hydroxylation is 1. The van der Waals surface area contributed by atoms with Crippen molar-refractivity contribution in [3.05, 3.63) is 53.9 Å². The van der Waals surface area contributed by atoms with E-state index < -0.39 is 10.0 Å². The fourth-order valence-corrected chi connectivity index (χ4v) is 4.55. The van der Waals surface area contributed by atoms with E-state index in [0.717, 1.165) is 17.5 Å². The molecule has 1 aliphatic rings. The second kappa shape index (κ2) is 7.51. The van der Waals surface area contributed by atoms with Crippen LogP contribution < -0.4 is 9.46 Å². The van der Waals surface area contributed by atoms with Crippen LogP contribution in [0.5, 0.6) is 5.75 Å². The molecule has 2 heterocycles. The molecule has 1 aromatic carbocycles. The van der Waals surface area contributed by atoms with E-state index >= 15 is 0 Å². The first-order chi connectivity index (χ1) is 12.0. The summed E-state index contributed by atoms with van der Waals surface area (Å²) in [6, 6.07) is 8.71. The molecule has 134 valence electrons. The Bertz CT molecular complexity index is 824. The first-order valence-electron chi connectivity index (χ1n) is 8.13. The molecule has 0 spiro atoms. The Kier molecular flexibility index (Phi) is 5.36. The molecule has 2 atom stereocenters. The third-order valence-corrected chi connectivity index (χ3v) is 5.87. The molecule has 6 nitrogen and oxygen atoms in total. The summed E-state index contributed by atoms with van der Waals surface area (Å²) >= 11 is 0. The molecule has 1 aromatic heterocycles. The van der Waals surface area contributed by atoms with E-state index in [1.165, 1.54) is 7.11 Å². The van der Waals surface area contributed by atoms with E-state index in [4.69, 9.17) is 9.47 Å². The van der Waals surface area contributed by atoms with Gasteiger partial charge in [0, 0.05) is 18.3 Å². The average Bonchev–Trinajstić information content (AvgIpc) is 3.02. The minimum Gasteiger partial charge on any atom is -0.495 e. The summed E-state index contributed by atoms with van der Waals surface area (Å²) in [6.45, 7) is 2.74. The second-order valence-electron chi connectivity index (χ2n) is 6.24. The molecule has 0 aliphatic carbocycles. The molecule has 1 saturated heterocycles. The van der Waals surface area contributed by atoms with Crippen LogP contribution in [0.2, 0.25) is 0 Å². The highest BCUT2D eigenvalue weighted by molar-refractivity contribution is 7.89. The normalized spacial score (nSPS) is 20.6. The second-order valence-corrected chi connectivity index (χ2v) is 7.92. The molecule has 1 N–H and O–H groups in total. The van der Waals surface area contributed by atoms with Gasteiger partial charge in [0.15, 0.2) is 0 Å². The zero-order valence-corrected chi connectivity index (χ0v) is 15.1. The van der Waals surface area contributed by atoms with Crippen molar-refractivity contribution in [2.24, 2.45) is 5.92 Å². The maximum Gasteiger partial charge on any atom is 0.244 e. The van der Waals surface area contributed by atoms with Gasteiger partial charge in [-0.2, -0.15) is 0 Å². The number of nitrogens with one attached hydrogen (secondary N) is 1. The van der Waals surface area contributed by atoms with Crippen molar-refractivity contribution < 1.29 is 17.9 Å². The molecule has 2 aromatic rings. The van der Waals surface area contributed by atoms with Crippen molar-refractivity contribution in [1.82, 2.24) is 9.71 Å². The molecule has 0 saturated carbocycles. The van der Waals surface area contributed by atoms with Crippen molar-refractivity contribution in [2.45, 2.75) is 24.3 Å². The Morgan fingerprint density at radius 2 is 2.00 bits per heavy atom.